The van der Waals surface area contributed by atoms with E-state index >= 15 is 0 Å². The van der Waals surface area contributed by atoms with Gasteiger partial charge in [0, 0.05) is 18.7 Å². The highest BCUT2D eigenvalue weighted by Crippen LogP contribution is 2.32. The van der Waals surface area contributed by atoms with Gasteiger partial charge in [0.15, 0.2) is 11.5 Å². The monoisotopic (exact) mass is 390 g/mol. The summed E-state index contributed by atoms with van der Waals surface area (Å²) in [4.78, 5) is 21.3. The maximum Gasteiger partial charge on any atom is 0.270 e. The van der Waals surface area contributed by atoms with Crippen molar-refractivity contribution in [2.24, 2.45) is 0 Å². The van der Waals surface area contributed by atoms with E-state index in [4.69, 9.17) is 9.47 Å². The summed E-state index contributed by atoms with van der Waals surface area (Å²) in [6.07, 6.45) is 0. The van der Waals surface area contributed by atoms with Gasteiger partial charge >= 0.3 is 0 Å². The standard InChI is InChI=1S/C22H22N4O3/c1-14(17-6-4-3-5-7-17)24-21-11-18(25-15(2)26-21)22(27)23-12-16-8-9-19-20(10-16)29-13-28-19/h3-11,14H,12-13H2,1-2H3,(H,23,27)(H,24,25,26). The van der Waals surface area contributed by atoms with Crippen LogP contribution in [0.3, 0.4) is 0 Å². The summed E-state index contributed by atoms with van der Waals surface area (Å²) in [6.45, 7) is 4.41. The van der Waals surface area contributed by atoms with E-state index in [0.29, 0.717) is 29.6 Å². The number of nitrogens with zero attached hydrogens (tertiary/aromatic N) is 2. The van der Waals surface area contributed by atoms with E-state index in [1.54, 1.807) is 13.0 Å². The second-order valence-corrected chi connectivity index (χ2v) is 6.83. The molecule has 2 N–H and O–H groups in total. The van der Waals surface area contributed by atoms with E-state index in [-0.39, 0.29) is 18.7 Å². The molecule has 3 aromatic rings. The van der Waals surface area contributed by atoms with Crippen molar-refractivity contribution in [3.05, 3.63) is 77.2 Å². The molecule has 0 fully saturated rings. The summed E-state index contributed by atoms with van der Waals surface area (Å²) in [5.74, 6) is 2.29. The molecule has 0 spiro atoms. The first-order chi connectivity index (χ1) is 14.1. The zero-order chi connectivity index (χ0) is 20.2. The van der Waals surface area contributed by atoms with Crippen molar-refractivity contribution >= 4 is 11.7 Å². The summed E-state index contributed by atoms with van der Waals surface area (Å²) in [5.41, 5.74) is 2.38. The largest absolute Gasteiger partial charge is 0.454 e. The second kappa shape index (κ2) is 8.18. The number of fused-ring (bicyclic) bond motifs is 1. The average molecular weight is 390 g/mol. The van der Waals surface area contributed by atoms with E-state index in [9.17, 15) is 4.79 Å². The maximum atomic E-state index is 12.6. The predicted molar refractivity (Wildman–Crippen MR) is 109 cm³/mol. The molecule has 148 valence electrons. The molecule has 1 aromatic heterocycles. The first-order valence-corrected chi connectivity index (χ1v) is 9.42. The SMILES string of the molecule is Cc1nc(NC(C)c2ccccc2)cc(C(=O)NCc2ccc3c(c2)OCO3)n1. The van der Waals surface area contributed by atoms with Crippen LogP contribution in [0.2, 0.25) is 0 Å². The van der Waals surface area contributed by atoms with Gasteiger partial charge in [-0.1, -0.05) is 36.4 Å². The zero-order valence-electron chi connectivity index (χ0n) is 16.3. The zero-order valence-corrected chi connectivity index (χ0v) is 16.3. The molecule has 7 nitrogen and oxygen atoms in total. The molecule has 0 saturated heterocycles. The Hall–Kier alpha value is -3.61. The van der Waals surface area contributed by atoms with Gasteiger partial charge in [0.25, 0.3) is 5.91 Å². The van der Waals surface area contributed by atoms with Crippen molar-refractivity contribution in [3.8, 4) is 11.5 Å². The predicted octanol–water partition coefficient (Wildman–Crippen LogP) is 3.62. The van der Waals surface area contributed by atoms with Gasteiger partial charge in [-0.3, -0.25) is 4.79 Å². The van der Waals surface area contributed by atoms with E-state index in [0.717, 1.165) is 16.9 Å². The topological polar surface area (TPSA) is 85.4 Å². The fraction of sp³-hybridized carbons (Fsp3) is 0.227. The molecule has 2 aromatic carbocycles. The highest BCUT2D eigenvalue weighted by atomic mass is 16.7. The Kier molecular flexibility index (Phi) is 5.29. The summed E-state index contributed by atoms with van der Waals surface area (Å²) in [5, 5.41) is 6.23. The van der Waals surface area contributed by atoms with Crippen LogP contribution in [0, 0.1) is 6.92 Å². The van der Waals surface area contributed by atoms with E-state index in [1.807, 2.05) is 55.5 Å². The lowest BCUT2D eigenvalue weighted by molar-refractivity contribution is 0.0945. The van der Waals surface area contributed by atoms with Gasteiger partial charge in [-0.15, -0.1) is 0 Å². The minimum Gasteiger partial charge on any atom is -0.454 e. The molecule has 1 amide bonds. The number of amides is 1. The number of nitrogens with one attached hydrogen (secondary N) is 2. The van der Waals surface area contributed by atoms with Crippen molar-refractivity contribution in [3.63, 3.8) is 0 Å². The average Bonchev–Trinajstić information content (AvgIpc) is 3.20. The highest BCUT2D eigenvalue weighted by molar-refractivity contribution is 5.92. The number of rotatable bonds is 6. The normalized spacial score (nSPS) is 13.0. The van der Waals surface area contributed by atoms with Crippen molar-refractivity contribution in [2.45, 2.75) is 26.4 Å². The third-order valence-electron chi connectivity index (χ3n) is 4.62. The third kappa shape index (κ3) is 4.45. The van der Waals surface area contributed by atoms with Crippen molar-refractivity contribution in [2.75, 3.05) is 12.1 Å². The smallest absolute Gasteiger partial charge is 0.270 e. The summed E-state index contributed by atoms with van der Waals surface area (Å²) >= 11 is 0. The Morgan fingerprint density at radius 1 is 1.07 bits per heavy atom. The fourth-order valence-electron chi connectivity index (χ4n) is 3.13. The number of aryl methyl sites for hydroxylation is 1. The van der Waals surface area contributed by atoms with E-state index < -0.39 is 0 Å². The summed E-state index contributed by atoms with van der Waals surface area (Å²) in [7, 11) is 0. The molecule has 1 aliphatic rings. The lowest BCUT2D eigenvalue weighted by Gasteiger charge is -2.16. The number of hydrogen-bond acceptors (Lipinski definition) is 6. The van der Waals surface area contributed by atoms with Crippen molar-refractivity contribution < 1.29 is 14.3 Å². The van der Waals surface area contributed by atoms with Crippen LogP contribution in [0.15, 0.2) is 54.6 Å². The number of anilines is 1. The van der Waals surface area contributed by atoms with Gasteiger partial charge in [-0.25, -0.2) is 9.97 Å². The Bertz CT molecular complexity index is 1020. The molecule has 2 heterocycles. The molecule has 0 aliphatic carbocycles. The van der Waals surface area contributed by atoms with Crippen LogP contribution in [-0.4, -0.2) is 22.7 Å². The number of ether oxygens (including phenoxy) is 2. The first kappa shape index (κ1) is 18.7. The molecule has 0 saturated carbocycles. The van der Waals surface area contributed by atoms with E-state index in [1.165, 1.54) is 0 Å². The van der Waals surface area contributed by atoms with Crippen LogP contribution in [0.1, 0.15) is 40.4 Å². The Balaban J connectivity index is 1.43. The first-order valence-electron chi connectivity index (χ1n) is 9.42. The molecule has 1 unspecified atom stereocenters. The van der Waals surface area contributed by atoms with Crippen LogP contribution in [0.5, 0.6) is 11.5 Å². The molecule has 29 heavy (non-hydrogen) atoms. The molecular formula is C22H22N4O3. The van der Waals surface area contributed by atoms with Gasteiger partial charge in [-0.2, -0.15) is 0 Å². The lowest BCUT2D eigenvalue weighted by atomic mass is 10.1. The number of hydrogen-bond donors (Lipinski definition) is 2. The van der Waals surface area contributed by atoms with Crippen LogP contribution >= 0.6 is 0 Å². The Morgan fingerprint density at radius 2 is 1.86 bits per heavy atom. The summed E-state index contributed by atoms with van der Waals surface area (Å²) in [6, 6.07) is 17.4. The fourth-order valence-corrected chi connectivity index (χ4v) is 3.13. The van der Waals surface area contributed by atoms with Crippen LogP contribution in [0.4, 0.5) is 5.82 Å². The molecule has 0 bridgehead atoms. The van der Waals surface area contributed by atoms with Crippen molar-refractivity contribution in [1.82, 2.24) is 15.3 Å². The van der Waals surface area contributed by atoms with Gasteiger partial charge in [0.05, 0.1) is 0 Å². The molecule has 1 aliphatic heterocycles. The van der Waals surface area contributed by atoms with Crippen LogP contribution in [-0.2, 0) is 6.54 Å². The number of benzene rings is 2. The number of carbonyl (C=O) groups excluding carboxylic acids is 1. The third-order valence-corrected chi connectivity index (χ3v) is 4.62. The molecule has 1 atom stereocenters. The summed E-state index contributed by atoms with van der Waals surface area (Å²) < 4.78 is 10.7. The van der Waals surface area contributed by atoms with E-state index in [2.05, 4.69) is 20.6 Å². The van der Waals surface area contributed by atoms with Crippen molar-refractivity contribution in [1.29, 1.82) is 0 Å². The van der Waals surface area contributed by atoms with Gasteiger partial charge < -0.3 is 20.1 Å². The van der Waals surface area contributed by atoms with Gasteiger partial charge in [0.2, 0.25) is 6.79 Å². The lowest BCUT2D eigenvalue weighted by Crippen LogP contribution is -2.24. The minimum atomic E-state index is -0.261. The molecular weight excluding hydrogens is 368 g/mol. The maximum absolute atomic E-state index is 12.6. The van der Waals surface area contributed by atoms with Crippen LogP contribution < -0.4 is 20.1 Å². The molecule has 7 heteroatoms. The van der Waals surface area contributed by atoms with Gasteiger partial charge in [0.1, 0.15) is 17.3 Å². The highest BCUT2D eigenvalue weighted by Gasteiger charge is 2.15. The minimum absolute atomic E-state index is 0.0510. The van der Waals surface area contributed by atoms with Gasteiger partial charge in [-0.05, 0) is 37.1 Å². The quantitative estimate of drug-likeness (QED) is 0.669. The Labute approximate surface area is 169 Å². The second-order valence-electron chi connectivity index (χ2n) is 6.83. The number of aromatic nitrogens is 2. The number of carbonyl (C=O) groups is 1. The molecule has 4 rings (SSSR count). The molecule has 0 radical (unpaired) electrons. The van der Waals surface area contributed by atoms with Crippen LogP contribution in [0.25, 0.3) is 0 Å². The Morgan fingerprint density at radius 3 is 2.69 bits per heavy atom.